The lowest BCUT2D eigenvalue weighted by atomic mass is 10.1. The first kappa shape index (κ1) is 20.1. The fourth-order valence-corrected chi connectivity index (χ4v) is 4.12. The van der Waals surface area contributed by atoms with Crippen LogP contribution in [0.4, 0.5) is 5.95 Å². The van der Waals surface area contributed by atoms with Gasteiger partial charge in [-0.15, -0.1) is 0 Å². The van der Waals surface area contributed by atoms with Gasteiger partial charge in [0.25, 0.3) is 0 Å². The van der Waals surface area contributed by atoms with Crippen LogP contribution in [0, 0.1) is 0 Å². The molecule has 0 bridgehead atoms. The summed E-state index contributed by atoms with van der Waals surface area (Å²) < 4.78 is 0. The number of hydrogen-bond acceptors (Lipinski definition) is 5. The number of nitrogens with one attached hydrogen (secondary N) is 2. The number of fused-ring (bicyclic) bond motifs is 1. The molecule has 1 saturated heterocycles. The Labute approximate surface area is 176 Å². The molecule has 154 valence electrons. The summed E-state index contributed by atoms with van der Waals surface area (Å²) in [7, 11) is 0. The van der Waals surface area contributed by atoms with E-state index in [1.54, 1.807) is 6.20 Å². The van der Waals surface area contributed by atoms with Crippen LogP contribution < -0.4 is 11.1 Å². The summed E-state index contributed by atoms with van der Waals surface area (Å²) in [4.78, 5) is 14.9. The zero-order valence-electron chi connectivity index (χ0n) is 16.7. The first-order valence-electron chi connectivity index (χ1n) is 10.5. The van der Waals surface area contributed by atoms with Crippen molar-refractivity contribution in [2.45, 2.75) is 38.1 Å². The third-order valence-electron chi connectivity index (χ3n) is 5.56. The van der Waals surface area contributed by atoms with E-state index in [1.165, 1.54) is 32.2 Å². The summed E-state index contributed by atoms with van der Waals surface area (Å²) in [6, 6.07) is 8.56. The zero-order valence-corrected chi connectivity index (χ0v) is 17.5. The van der Waals surface area contributed by atoms with Crippen molar-refractivity contribution < 1.29 is 0 Å². The molecule has 3 aromatic rings. The van der Waals surface area contributed by atoms with E-state index in [2.05, 4.69) is 26.3 Å². The maximum atomic E-state index is 6.42. The van der Waals surface area contributed by atoms with E-state index in [-0.39, 0.29) is 0 Å². The van der Waals surface area contributed by atoms with E-state index in [1.807, 2.05) is 24.4 Å². The van der Waals surface area contributed by atoms with Gasteiger partial charge in [-0.25, -0.2) is 9.97 Å². The number of para-hydroxylation sites is 1. The smallest absolute Gasteiger partial charge is 0.223 e. The summed E-state index contributed by atoms with van der Waals surface area (Å²) in [6.45, 7) is 4.06. The van der Waals surface area contributed by atoms with Gasteiger partial charge in [0.1, 0.15) is 0 Å². The molecule has 1 fully saturated rings. The summed E-state index contributed by atoms with van der Waals surface area (Å²) in [5.41, 5.74) is 8.37. The number of benzene rings is 1. The van der Waals surface area contributed by atoms with Crippen LogP contribution in [-0.2, 0) is 0 Å². The third-order valence-corrected chi connectivity index (χ3v) is 5.83. The van der Waals surface area contributed by atoms with Gasteiger partial charge in [-0.05, 0) is 32.0 Å². The Morgan fingerprint density at radius 1 is 1.14 bits per heavy atom. The normalized spacial score (nSPS) is 15.0. The number of aromatic nitrogens is 3. The summed E-state index contributed by atoms with van der Waals surface area (Å²) in [6.07, 6.45) is 9.90. The molecule has 3 heterocycles. The van der Waals surface area contributed by atoms with Crippen molar-refractivity contribution in [3.05, 3.63) is 41.7 Å². The lowest BCUT2D eigenvalue weighted by Crippen LogP contribution is -2.55. The van der Waals surface area contributed by atoms with Crippen molar-refractivity contribution in [2.75, 3.05) is 31.5 Å². The predicted molar refractivity (Wildman–Crippen MR) is 120 cm³/mol. The van der Waals surface area contributed by atoms with Gasteiger partial charge in [-0.1, -0.05) is 49.1 Å². The SMILES string of the molecule is NCCCCCCCN1CC(Nc2ncc(Cl)c(-c3c[nH]c4ccccc34)n2)C1. The molecule has 0 amide bonds. The summed E-state index contributed by atoms with van der Waals surface area (Å²) in [5.74, 6) is 0.640. The minimum Gasteiger partial charge on any atom is -0.360 e. The van der Waals surface area contributed by atoms with Gasteiger partial charge in [-0.2, -0.15) is 0 Å². The van der Waals surface area contributed by atoms with Crippen LogP contribution in [0.2, 0.25) is 5.02 Å². The average molecular weight is 413 g/mol. The summed E-state index contributed by atoms with van der Waals surface area (Å²) in [5, 5.41) is 5.13. The Morgan fingerprint density at radius 2 is 1.93 bits per heavy atom. The molecule has 0 atom stereocenters. The monoisotopic (exact) mass is 412 g/mol. The van der Waals surface area contributed by atoms with Crippen LogP contribution >= 0.6 is 11.6 Å². The van der Waals surface area contributed by atoms with Crippen molar-refractivity contribution in [3.8, 4) is 11.3 Å². The molecule has 1 aliphatic rings. The van der Waals surface area contributed by atoms with E-state index < -0.39 is 0 Å². The number of nitrogens with zero attached hydrogens (tertiary/aromatic N) is 3. The Balaban J connectivity index is 1.31. The molecular formula is C22H29ClN6. The number of rotatable bonds is 10. The molecule has 4 rings (SSSR count). The second kappa shape index (κ2) is 9.57. The molecule has 6 nitrogen and oxygen atoms in total. The molecule has 1 aromatic carbocycles. The molecule has 29 heavy (non-hydrogen) atoms. The number of likely N-dealkylation sites (tertiary alicyclic amines) is 1. The molecule has 0 spiro atoms. The minimum atomic E-state index is 0.393. The van der Waals surface area contributed by atoms with Crippen LogP contribution in [0.15, 0.2) is 36.7 Å². The quantitative estimate of drug-likeness (QED) is 0.433. The molecule has 0 aliphatic carbocycles. The highest BCUT2D eigenvalue weighted by Crippen LogP contribution is 2.32. The molecule has 7 heteroatoms. The van der Waals surface area contributed by atoms with Crippen LogP contribution in [0.5, 0.6) is 0 Å². The lowest BCUT2D eigenvalue weighted by molar-refractivity contribution is 0.158. The number of hydrogen-bond donors (Lipinski definition) is 3. The van der Waals surface area contributed by atoms with E-state index in [4.69, 9.17) is 22.3 Å². The van der Waals surface area contributed by atoms with E-state index in [0.29, 0.717) is 17.0 Å². The minimum absolute atomic E-state index is 0.393. The van der Waals surface area contributed by atoms with Gasteiger partial charge in [-0.3, -0.25) is 4.90 Å². The van der Waals surface area contributed by atoms with E-state index >= 15 is 0 Å². The fourth-order valence-electron chi connectivity index (χ4n) is 3.93. The first-order valence-corrected chi connectivity index (χ1v) is 10.9. The molecule has 0 saturated carbocycles. The third kappa shape index (κ3) is 4.89. The van der Waals surface area contributed by atoms with Crippen molar-refractivity contribution in [1.82, 2.24) is 19.9 Å². The lowest BCUT2D eigenvalue weighted by Gasteiger charge is -2.39. The van der Waals surface area contributed by atoms with Gasteiger partial charge in [0.2, 0.25) is 5.95 Å². The largest absolute Gasteiger partial charge is 0.360 e. The number of anilines is 1. The average Bonchev–Trinajstić information content (AvgIpc) is 3.13. The summed E-state index contributed by atoms with van der Waals surface area (Å²) >= 11 is 6.42. The van der Waals surface area contributed by atoms with Crippen LogP contribution in [0.3, 0.4) is 0 Å². The Hall–Kier alpha value is -2.15. The Kier molecular flexibility index (Phi) is 6.64. The highest BCUT2D eigenvalue weighted by atomic mass is 35.5. The van der Waals surface area contributed by atoms with Crippen molar-refractivity contribution >= 4 is 28.5 Å². The van der Waals surface area contributed by atoms with Crippen molar-refractivity contribution in [2.24, 2.45) is 5.73 Å². The van der Waals surface area contributed by atoms with Crippen molar-refractivity contribution in [1.29, 1.82) is 0 Å². The maximum absolute atomic E-state index is 6.42. The van der Waals surface area contributed by atoms with Crippen LogP contribution in [-0.4, -0.2) is 52.1 Å². The first-order chi connectivity index (χ1) is 14.2. The zero-order chi connectivity index (χ0) is 20.1. The topological polar surface area (TPSA) is 82.9 Å². The second-order valence-electron chi connectivity index (χ2n) is 7.80. The molecule has 0 unspecified atom stereocenters. The number of H-pyrrole nitrogens is 1. The number of nitrogens with two attached hydrogens (primary N) is 1. The number of halogens is 1. The highest BCUT2D eigenvalue weighted by molar-refractivity contribution is 6.33. The Bertz CT molecular complexity index is 934. The standard InChI is InChI=1S/C22H29ClN6/c23-19-13-26-22(27-16-14-29(15-16)11-7-3-1-2-6-10-24)28-21(19)18-12-25-20-9-5-4-8-17(18)20/h4-5,8-9,12-13,16,25H,1-3,6-7,10-11,14-15,24H2,(H,26,27,28). The highest BCUT2D eigenvalue weighted by Gasteiger charge is 2.26. The second-order valence-corrected chi connectivity index (χ2v) is 8.20. The van der Waals surface area contributed by atoms with Gasteiger partial charge in [0.05, 0.1) is 23.0 Å². The Morgan fingerprint density at radius 3 is 2.79 bits per heavy atom. The van der Waals surface area contributed by atoms with Gasteiger partial charge in [0, 0.05) is 35.8 Å². The number of aromatic amines is 1. The van der Waals surface area contributed by atoms with Gasteiger partial charge < -0.3 is 16.0 Å². The molecule has 0 radical (unpaired) electrons. The molecule has 1 aliphatic heterocycles. The maximum Gasteiger partial charge on any atom is 0.223 e. The van der Waals surface area contributed by atoms with Gasteiger partial charge in [0.15, 0.2) is 0 Å². The molecule has 2 aromatic heterocycles. The van der Waals surface area contributed by atoms with E-state index in [9.17, 15) is 0 Å². The molecule has 4 N–H and O–H groups in total. The molecular weight excluding hydrogens is 384 g/mol. The van der Waals surface area contributed by atoms with Gasteiger partial charge >= 0.3 is 0 Å². The fraction of sp³-hybridized carbons (Fsp3) is 0.455. The van der Waals surface area contributed by atoms with Crippen LogP contribution in [0.1, 0.15) is 32.1 Å². The van der Waals surface area contributed by atoms with Crippen molar-refractivity contribution in [3.63, 3.8) is 0 Å². The number of unbranched alkanes of at least 4 members (excludes halogenated alkanes) is 4. The predicted octanol–water partition coefficient (Wildman–Crippen LogP) is 4.28. The van der Waals surface area contributed by atoms with E-state index in [0.717, 1.165) is 48.2 Å². The van der Waals surface area contributed by atoms with Crippen LogP contribution in [0.25, 0.3) is 22.2 Å².